The number of benzene rings is 2. The highest BCUT2D eigenvalue weighted by Gasteiger charge is 2.07. The summed E-state index contributed by atoms with van der Waals surface area (Å²) in [4.78, 5) is 0. The van der Waals surface area contributed by atoms with Crippen LogP contribution in [0, 0.1) is 6.92 Å². The van der Waals surface area contributed by atoms with Crippen molar-refractivity contribution in [1.29, 1.82) is 0 Å². The molecule has 3 aromatic rings. The molecule has 0 bridgehead atoms. The molecule has 0 spiro atoms. The summed E-state index contributed by atoms with van der Waals surface area (Å²) in [6, 6.07) is 18.7. The molecule has 0 amide bonds. The molecule has 0 atom stereocenters. The van der Waals surface area contributed by atoms with Crippen LogP contribution in [0.4, 0.5) is 0 Å². The molecule has 0 aliphatic rings. The Morgan fingerprint density at radius 2 is 1.90 bits per heavy atom. The zero-order valence-electron chi connectivity index (χ0n) is 11.2. The van der Waals surface area contributed by atoms with Crippen LogP contribution in [0.25, 0.3) is 5.69 Å². The fraction of sp³-hybridized carbons (Fsp3) is 0.125. The Labute approximate surface area is 122 Å². The van der Waals surface area contributed by atoms with Gasteiger partial charge in [-0.1, -0.05) is 59.8 Å². The standard InChI is InChI=1S/C16H15N3S/c1-13-6-5-7-14(10-13)11-20-16-18-17-12-19(16)15-8-3-2-4-9-15/h2-10,12H,11H2,1H3. The third kappa shape index (κ3) is 2.91. The van der Waals surface area contributed by atoms with Crippen molar-refractivity contribution in [1.82, 2.24) is 14.8 Å². The zero-order valence-corrected chi connectivity index (χ0v) is 12.0. The molecule has 4 heteroatoms. The van der Waals surface area contributed by atoms with Crippen LogP contribution in [0.1, 0.15) is 11.1 Å². The van der Waals surface area contributed by atoms with E-state index in [-0.39, 0.29) is 0 Å². The predicted molar refractivity (Wildman–Crippen MR) is 82.1 cm³/mol. The first-order valence-electron chi connectivity index (χ1n) is 6.47. The van der Waals surface area contributed by atoms with E-state index < -0.39 is 0 Å². The van der Waals surface area contributed by atoms with E-state index >= 15 is 0 Å². The van der Waals surface area contributed by atoms with Crippen molar-refractivity contribution in [2.75, 3.05) is 0 Å². The first kappa shape index (κ1) is 12.9. The normalized spacial score (nSPS) is 10.7. The van der Waals surface area contributed by atoms with Crippen LogP contribution in [0.3, 0.4) is 0 Å². The minimum atomic E-state index is 0.896. The lowest BCUT2D eigenvalue weighted by molar-refractivity contribution is 0.884. The molecule has 0 saturated heterocycles. The van der Waals surface area contributed by atoms with Crippen molar-refractivity contribution >= 4 is 11.8 Å². The SMILES string of the molecule is Cc1cccc(CSc2nncn2-c2ccccc2)c1. The summed E-state index contributed by atoms with van der Waals surface area (Å²) in [5.74, 6) is 0.896. The van der Waals surface area contributed by atoms with Crippen molar-refractivity contribution < 1.29 is 0 Å². The molecule has 2 aromatic carbocycles. The molecule has 20 heavy (non-hydrogen) atoms. The highest BCUT2D eigenvalue weighted by molar-refractivity contribution is 7.98. The maximum Gasteiger partial charge on any atom is 0.195 e. The molecule has 0 saturated carbocycles. The van der Waals surface area contributed by atoms with Crippen LogP contribution >= 0.6 is 11.8 Å². The number of aryl methyl sites for hydroxylation is 1. The van der Waals surface area contributed by atoms with Crippen LogP contribution in [0.5, 0.6) is 0 Å². The lowest BCUT2D eigenvalue weighted by Crippen LogP contribution is -1.94. The van der Waals surface area contributed by atoms with E-state index in [0.717, 1.165) is 16.6 Å². The van der Waals surface area contributed by atoms with Crippen LogP contribution in [-0.4, -0.2) is 14.8 Å². The van der Waals surface area contributed by atoms with Gasteiger partial charge in [-0.15, -0.1) is 10.2 Å². The zero-order chi connectivity index (χ0) is 13.8. The topological polar surface area (TPSA) is 30.7 Å². The molecular weight excluding hydrogens is 266 g/mol. The fourth-order valence-corrected chi connectivity index (χ4v) is 2.91. The van der Waals surface area contributed by atoms with E-state index in [1.54, 1.807) is 18.1 Å². The Morgan fingerprint density at radius 1 is 1.05 bits per heavy atom. The predicted octanol–water partition coefficient (Wildman–Crippen LogP) is 3.87. The third-order valence-corrected chi connectivity index (χ3v) is 4.02. The van der Waals surface area contributed by atoms with E-state index in [1.165, 1.54) is 11.1 Å². The first-order chi connectivity index (χ1) is 9.83. The van der Waals surface area contributed by atoms with Crippen LogP contribution < -0.4 is 0 Å². The second-order valence-electron chi connectivity index (χ2n) is 4.60. The van der Waals surface area contributed by atoms with Gasteiger partial charge in [0.05, 0.1) is 0 Å². The average Bonchev–Trinajstić information content (AvgIpc) is 2.95. The van der Waals surface area contributed by atoms with Crippen molar-refractivity contribution in [2.45, 2.75) is 17.8 Å². The largest absolute Gasteiger partial charge is 0.277 e. The van der Waals surface area contributed by atoms with Crippen LogP contribution in [-0.2, 0) is 5.75 Å². The van der Waals surface area contributed by atoms with Crippen molar-refractivity contribution in [3.05, 3.63) is 72.1 Å². The van der Waals surface area contributed by atoms with E-state index in [9.17, 15) is 0 Å². The first-order valence-corrected chi connectivity index (χ1v) is 7.45. The van der Waals surface area contributed by atoms with Gasteiger partial charge in [0.1, 0.15) is 6.33 Å². The van der Waals surface area contributed by atoms with Gasteiger partial charge in [0.2, 0.25) is 0 Å². The van der Waals surface area contributed by atoms with Gasteiger partial charge in [0, 0.05) is 11.4 Å². The number of aromatic nitrogens is 3. The average molecular weight is 281 g/mol. The van der Waals surface area contributed by atoms with Gasteiger partial charge in [0.25, 0.3) is 0 Å². The van der Waals surface area contributed by atoms with Gasteiger partial charge in [-0.3, -0.25) is 4.57 Å². The molecule has 0 fully saturated rings. The van der Waals surface area contributed by atoms with E-state index in [0.29, 0.717) is 0 Å². The number of hydrogen-bond acceptors (Lipinski definition) is 3. The summed E-state index contributed by atoms with van der Waals surface area (Å²) in [6.07, 6.45) is 1.76. The number of para-hydroxylation sites is 1. The molecule has 100 valence electrons. The quantitative estimate of drug-likeness (QED) is 0.680. The Hall–Kier alpha value is -2.07. The summed E-state index contributed by atoms with van der Waals surface area (Å²) in [6.45, 7) is 2.11. The molecular formula is C16H15N3S. The number of nitrogens with zero attached hydrogens (tertiary/aromatic N) is 3. The maximum atomic E-state index is 4.21. The Morgan fingerprint density at radius 3 is 2.70 bits per heavy atom. The van der Waals surface area contributed by atoms with Gasteiger partial charge in [-0.25, -0.2) is 0 Å². The minimum Gasteiger partial charge on any atom is -0.277 e. The molecule has 3 nitrogen and oxygen atoms in total. The maximum absolute atomic E-state index is 4.21. The lowest BCUT2D eigenvalue weighted by Gasteiger charge is -2.06. The van der Waals surface area contributed by atoms with E-state index in [2.05, 4.69) is 53.5 Å². The molecule has 0 unspecified atom stereocenters. The van der Waals surface area contributed by atoms with Gasteiger partial charge in [-0.2, -0.15) is 0 Å². The molecule has 3 rings (SSSR count). The fourth-order valence-electron chi connectivity index (χ4n) is 2.04. The Balaban J connectivity index is 1.78. The molecule has 1 heterocycles. The highest BCUT2D eigenvalue weighted by atomic mass is 32.2. The van der Waals surface area contributed by atoms with Gasteiger partial charge >= 0.3 is 0 Å². The summed E-state index contributed by atoms with van der Waals surface area (Å²) < 4.78 is 2.01. The van der Waals surface area contributed by atoms with Crippen LogP contribution in [0.2, 0.25) is 0 Å². The molecule has 1 aromatic heterocycles. The summed E-state index contributed by atoms with van der Waals surface area (Å²) in [5, 5.41) is 9.14. The van der Waals surface area contributed by atoms with Gasteiger partial charge in [0.15, 0.2) is 5.16 Å². The third-order valence-electron chi connectivity index (χ3n) is 3.00. The second kappa shape index (κ2) is 5.92. The van der Waals surface area contributed by atoms with Gasteiger partial charge < -0.3 is 0 Å². The Kier molecular flexibility index (Phi) is 3.83. The number of thioether (sulfide) groups is 1. The minimum absolute atomic E-state index is 0.896. The van der Waals surface area contributed by atoms with Crippen molar-refractivity contribution in [3.63, 3.8) is 0 Å². The second-order valence-corrected chi connectivity index (χ2v) is 5.54. The molecule has 0 N–H and O–H groups in total. The Bertz CT molecular complexity index is 692. The molecule has 0 aliphatic heterocycles. The summed E-state index contributed by atoms with van der Waals surface area (Å²) >= 11 is 1.70. The van der Waals surface area contributed by atoms with Crippen molar-refractivity contribution in [2.24, 2.45) is 0 Å². The smallest absolute Gasteiger partial charge is 0.195 e. The van der Waals surface area contributed by atoms with E-state index in [4.69, 9.17) is 0 Å². The molecule has 0 radical (unpaired) electrons. The monoisotopic (exact) mass is 281 g/mol. The number of hydrogen-bond donors (Lipinski definition) is 0. The molecule has 0 aliphatic carbocycles. The lowest BCUT2D eigenvalue weighted by atomic mass is 10.2. The van der Waals surface area contributed by atoms with Gasteiger partial charge in [-0.05, 0) is 24.6 Å². The summed E-state index contributed by atoms with van der Waals surface area (Å²) in [5.41, 5.74) is 3.68. The van der Waals surface area contributed by atoms with E-state index in [1.807, 2.05) is 22.8 Å². The summed E-state index contributed by atoms with van der Waals surface area (Å²) in [7, 11) is 0. The van der Waals surface area contributed by atoms with Crippen molar-refractivity contribution in [3.8, 4) is 5.69 Å². The highest BCUT2D eigenvalue weighted by Crippen LogP contribution is 2.23. The number of rotatable bonds is 4. The van der Waals surface area contributed by atoms with Crippen LogP contribution in [0.15, 0.2) is 66.1 Å².